The molecule has 1 aliphatic heterocycles. The van der Waals surface area contributed by atoms with Crippen LogP contribution in [0.3, 0.4) is 0 Å². The van der Waals surface area contributed by atoms with E-state index in [0.29, 0.717) is 6.54 Å². The first-order valence-electron chi connectivity index (χ1n) is 4.94. The summed E-state index contributed by atoms with van der Waals surface area (Å²) in [5.74, 6) is -0.350. The molecule has 2 nitrogen and oxygen atoms in total. The number of nitrogens with zero attached hydrogens (tertiary/aromatic N) is 1. The highest BCUT2D eigenvalue weighted by Crippen LogP contribution is 2.22. The number of hydrogen-bond acceptors (Lipinski definition) is 1. The van der Waals surface area contributed by atoms with E-state index < -0.39 is 5.82 Å². The Morgan fingerprint density at radius 3 is 2.88 bits per heavy atom. The lowest BCUT2D eigenvalue weighted by atomic mass is 10.2. The van der Waals surface area contributed by atoms with Gasteiger partial charge in [-0.25, -0.2) is 4.39 Å². The fourth-order valence-electron chi connectivity index (χ4n) is 1.72. The van der Waals surface area contributed by atoms with Crippen molar-refractivity contribution in [3.8, 4) is 0 Å². The molecule has 0 saturated carbocycles. The summed E-state index contributed by atoms with van der Waals surface area (Å²) in [5.41, 5.74) is 0.848. The van der Waals surface area contributed by atoms with Crippen LogP contribution in [0, 0.1) is 5.82 Å². The predicted molar refractivity (Wildman–Crippen MR) is 64.2 cm³/mol. The molecule has 1 atom stereocenters. The highest BCUT2D eigenvalue weighted by atomic mass is 79.9. The normalized spacial score (nSPS) is 20.6. The first kappa shape index (κ1) is 11.9. The lowest BCUT2D eigenvalue weighted by Gasteiger charge is -2.15. The van der Waals surface area contributed by atoms with Gasteiger partial charge in [-0.15, -0.1) is 0 Å². The third-order valence-electron chi connectivity index (χ3n) is 2.59. The number of benzene rings is 1. The lowest BCUT2D eigenvalue weighted by molar-refractivity contribution is -0.127. The third-order valence-corrected chi connectivity index (χ3v) is 3.73. The van der Waals surface area contributed by atoms with Crippen LogP contribution in [-0.4, -0.2) is 22.2 Å². The smallest absolute Gasteiger partial charge is 0.236 e. The monoisotopic (exact) mass is 305 g/mol. The lowest BCUT2D eigenvalue weighted by Crippen LogP contribution is -2.26. The second kappa shape index (κ2) is 4.72. The van der Waals surface area contributed by atoms with Crippen molar-refractivity contribution < 1.29 is 9.18 Å². The van der Waals surface area contributed by atoms with Gasteiger partial charge in [0.1, 0.15) is 5.82 Å². The van der Waals surface area contributed by atoms with Gasteiger partial charge in [0.05, 0.1) is 9.85 Å². The van der Waals surface area contributed by atoms with Gasteiger partial charge in [-0.3, -0.25) is 4.79 Å². The Morgan fingerprint density at radius 2 is 2.31 bits per heavy atom. The summed E-state index contributed by atoms with van der Waals surface area (Å²) >= 11 is 8.98. The Bertz CT molecular complexity index is 426. The molecule has 2 rings (SSSR count). The van der Waals surface area contributed by atoms with Gasteiger partial charge in [-0.05, 0) is 24.1 Å². The maximum atomic E-state index is 12.9. The molecule has 5 heteroatoms. The van der Waals surface area contributed by atoms with E-state index in [2.05, 4.69) is 15.9 Å². The number of hydrogen-bond donors (Lipinski definition) is 0. The van der Waals surface area contributed by atoms with Crippen molar-refractivity contribution in [1.29, 1.82) is 0 Å². The van der Waals surface area contributed by atoms with Gasteiger partial charge in [0.15, 0.2) is 0 Å². The van der Waals surface area contributed by atoms with Crippen molar-refractivity contribution in [2.45, 2.75) is 17.8 Å². The first-order valence-corrected chi connectivity index (χ1v) is 6.24. The van der Waals surface area contributed by atoms with Crippen LogP contribution >= 0.6 is 27.5 Å². The number of alkyl halides is 1. The minimum atomic E-state index is -0.434. The Labute approximate surface area is 107 Å². The summed E-state index contributed by atoms with van der Waals surface area (Å²) in [6.07, 6.45) is 0.813. The molecule has 0 spiro atoms. The molecule has 0 aliphatic carbocycles. The van der Waals surface area contributed by atoms with Crippen LogP contribution in [0.5, 0.6) is 0 Å². The number of carbonyl (C=O) groups excluding carboxylic acids is 1. The predicted octanol–water partition coefficient (Wildman–Crippen LogP) is 2.97. The average Bonchev–Trinajstić information content (AvgIpc) is 2.55. The highest BCUT2D eigenvalue weighted by molar-refractivity contribution is 9.10. The van der Waals surface area contributed by atoms with E-state index in [-0.39, 0.29) is 15.8 Å². The molecule has 1 amide bonds. The summed E-state index contributed by atoms with van der Waals surface area (Å²) in [6, 6.07) is 4.53. The molecule has 0 N–H and O–H groups in total. The van der Waals surface area contributed by atoms with E-state index >= 15 is 0 Å². The minimum absolute atomic E-state index is 0.0802. The molecular formula is C11H10BrClFNO. The molecule has 1 fully saturated rings. The van der Waals surface area contributed by atoms with Crippen molar-refractivity contribution in [1.82, 2.24) is 4.90 Å². The Balaban J connectivity index is 2.10. The van der Waals surface area contributed by atoms with Crippen LogP contribution in [0.4, 0.5) is 4.39 Å². The van der Waals surface area contributed by atoms with Gasteiger partial charge in [0.2, 0.25) is 5.91 Å². The minimum Gasteiger partial charge on any atom is -0.337 e. The van der Waals surface area contributed by atoms with Crippen LogP contribution in [-0.2, 0) is 11.3 Å². The summed E-state index contributed by atoms with van der Waals surface area (Å²) in [4.78, 5) is 13.3. The van der Waals surface area contributed by atoms with Crippen molar-refractivity contribution in [2.75, 3.05) is 6.54 Å². The van der Waals surface area contributed by atoms with E-state index in [9.17, 15) is 9.18 Å². The molecule has 0 unspecified atom stereocenters. The molecule has 1 heterocycles. The van der Waals surface area contributed by atoms with E-state index in [1.165, 1.54) is 6.07 Å². The van der Waals surface area contributed by atoms with Gasteiger partial charge in [0, 0.05) is 13.1 Å². The zero-order chi connectivity index (χ0) is 11.7. The molecule has 0 bridgehead atoms. The summed E-state index contributed by atoms with van der Waals surface area (Å²) < 4.78 is 12.9. The van der Waals surface area contributed by atoms with Crippen LogP contribution in [0.1, 0.15) is 12.0 Å². The molecule has 0 aromatic heterocycles. The largest absolute Gasteiger partial charge is 0.337 e. The second-order valence-electron chi connectivity index (χ2n) is 3.76. The van der Waals surface area contributed by atoms with Gasteiger partial charge in [0.25, 0.3) is 0 Å². The maximum Gasteiger partial charge on any atom is 0.236 e. The summed E-state index contributed by atoms with van der Waals surface area (Å²) in [6.45, 7) is 1.21. The summed E-state index contributed by atoms with van der Waals surface area (Å²) in [5, 5.41) is 0.0968. The zero-order valence-corrected chi connectivity index (χ0v) is 10.8. The third kappa shape index (κ3) is 2.38. The summed E-state index contributed by atoms with van der Waals surface area (Å²) in [7, 11) is 0. The Kier molecular flexibility index (Phi) is 3.50. The van der Waals surface area contributed by atoms with Gasteiger partial charge in [-0.2, -0.15) is 0 Å². The number of likely N-dealkylation sites (tertiary alicyclic amines) is 1. The SMILES string of the molecule is O=C1[C@H](Br)CCN1Cc1ccc(F)c(Cl)c1. The Morgan fingerprint density at radius 1 is 1.56 bits per heavy atom. The first-order chi connectivity index (χ1) is 7.58. The zero-order valence-electron chi connectivity index (χ0n) is 8.42. The van der Waals surface area contributed by atoms with Crippen LogP contribution in [0.25, 0.3) is 0 Å². The van der Waals surface area contributed by atoms with E-state index in [0.717, 1.165) is 18.5 Å². The van der Waals surface area contributed by atoms with Crippen molar-refractivity contribution >= 4 is 33.4 Å². The fraction of sp³-hybridized carbons (Fsp3) is 0.364. The number of rotatable bonds is 2. The second-order valence-corrected chi connectivity index (χ2v) is 5.28. The van der Waals surface area contributed by atoms with Crippen LogP contribution in [0.15, 0.2) is 18.2 Å². The molecule has 1 saturated heterocycles. The van der Waals surface area contributed by atoms with Crippen molar-refractivity contribution in [3.05, 3.63) is 34.6 Å². The van der Waals surface area contributed by atoms with Crippen LogP contribution in [0.2, 0.25) is 5.02 Å². The fourth-order valence-corrected chi connectivity index (χ4v) is 2.41. The van der Waals surface area contributed by atoms with Gasteiger partial charge in [-0.1, -0.05) is 33.6 Å². The van der Waals surface area contributed by atoms with Gasteiger partial charge >= 0.3 is 0 Å². The number of carbonyl (C=O) groups is 1. The average molecular weight is 307 g/mol. The molecule has 1 aromatic carbocycles. The highest BCUT2D eigenvalue weighted by Gasteiger charge is 2.29. The van der Waals surface area contributed by atoms with Gasteiger partial charge < -0.3 is 4.90 Å². The molecule has 1 aliphatic rings. The quantitative estimate of drug-likeness (QED) is 0.769. The standard InChI is InChI=1S/C11H10BrClFNO/c12-8-3-4-15(11(8)16)6-7-1-2-10(14)9(13)5-7/h1-2,5,8H,3-4,6H2/t8-/m1/s1. The van der Waals surface area contributed by atoms with Crippen LogP contribution < -0.4 is 0 Å². The van der Waals surface area contributed by atoms with E-state index in [1.54, 1.807) is 17.0 Å². The molecule has 0 radical (unpaired) electrons. The number of halogens is 3. The topological polar surface area (TPSA) is 20.3 Å². The van der Waals surface area contributed by atoms with E-state index in [4.69, 9.17) is 11.6 Å². The molecule has 1 aromatic rings. The molecule has 86 valence electrons. The number of amides is 1. The molecule has 16 heavy (non-hydrogen) atoms. The Hall–Kier alpha value is -0.610. The van der Waals surface area contributed by atoms with E-state index in [1.807, 2.05) is 0 Å². The molecular weight excluding hydrogens is 296 g/mol. The van der Waals surface area contributed by atoms with Crippen molar-refractivity contribution in [3.63, 3.8) is 0 Å². The van der Waals surface area contributed by atoms with Crippen molar-refractivity contribution in [2.24, 2.45) is 0 Å². The maximum absolute atomic E-state index is 12.9.